The van der Waals surface area contributed by atoms with Gasteiger partial charge in [-0.2, -0.15) is 5.92 Å². The maximum Gasteiger partial charge on any atom is 0.0529 e. The SMILES string of the molecule is C#CC(C)C(C)C(C)C(C)C#CC(=[CH-])C(C)=O.[Y]. The molecule has 0 fully saturated rings. The molecule has 0 aromatic rings. The van der Waals surface area contributed by atoms with E-state index < -0.39 is 0 Å². The molecule has 0 heterocycles. The molecule has 0 aliphatic heterocycles. The molecule has 18 heavy (non-hydrogen) atoms. The van der Waals surface area contributed by atoms with Crippen LogP contribution < -0.4 is 0 Å². The fourth-order valence-corrected chi connectivity index (χ4v) is 1.47. The van der Waals surface area contributed by atoms with Crippen molar-refractivity contribution in [2.75, 3.05) is 0 Å². The van der Waals surface area contributed by atoms with Crippen molar-refractivity contribution in [3.8, 4) is 24.2 Å². The van der Waals surface area contributed by atoms with E-state index in [0.717, 1.165) is 0 Å². The number of rotatable bonds is 4. The summed E-state index contributed by atoms with van der Waals surface area (Å²) in [6, 6.07) is 0. The molecule has 0 aromatic heterocycles. The first-order chi connectivity index (χ1) is 7.81. The van der Waals surface area contributed by atoms with E-state index in [1.54, 1.807) is 0 Å². The summed E-state index contributed by atoms with van der Waals surface area (Å²) in [7, 11) is 0. The van der Waals surface area contributed by atoms with Crippen molar-refractivity contribution >= 4 is 5.78 Å². The van der Waals surface area contributed by atoms with Gasteiger partial charge in [0.05, 0.1) is 5.78 Å². The van der Waals surface area contributed by atoms with Gasteiger partial charge in [-0.15, -0.1) is 17.9 Å². The van der Waals surface area contributed by atoms with E-state index in [9.17, 15) is 4.79 Å². The first-order valence-electron chi connectivity index (χ1n) is 5.92. The van der Waals surface area contributed by atoms with Gasteiger partial charge in [-0.25, -0.2) is 12.5 Å². The molecule has 0 N–H and O–H groups in total. The molecule has 4 unspecified atom stereocenters. The smallest absolute Gasteiger partial charge is 0.0529 e. The number of hydrogen-bond acceptors (Lipinski definition) is 1. The number of ketones is 1. The molecular formula is C16H21OY-. The minimum Gasteiger partial charge on any atom is -0.370 e. The molecule has 0 saturated heterocycles. The molecule has 0 bridgehead atoms. The molecule has 1 nitrogen and oxygen atoms in total. The van der Waals surface area contributed by atoms with E-state index in [1.165, 1.54) is 6.92 Å². The Balaban J connectivity index is 0. The van der Waals surface area contributed by atoms with Crippen LogP contribution in [-0.4, -0.2) is 5.78 Å². The van der Waals surface area contributed by atoms with Crippen molar-refractivity contribution in [3.63, 3.8) is 0 Å². The molecular weight excluding hydrogens is 297 g/mol. The predicted molar refractivity (Wildman–Crippen MR) is 71.8 cm³/mol. The van der Waals surface area contributed by atoms with Gasteiger partial charge in [0.15, 0.2) is 0 Å². The van der Waals surface area contributed by atoms with Gasteiger partial charge >= 0.3 is 0 Å². The van der Waals surface area contributed by atoms with Gasteiger partial charge in [0.1, 0.15) is 0 Å². The first-order valence-corrected chi connectivity index (χ1v) is 5.92. The third kappa shape index (κ3) is 6.54. The monoisotopic (exact) mass is 318 g/mol. The van der Waals surface area contributed by atoms with Crippen LogP contribution in [0.2, 0.25) is 0 Å². The van der Waals surface area contributed by atoms with Crippen LogP contribution >= 0.6 is 0 Å². The zero-order chi connectivity index (χ0) is 13.6. The van der Waals surface area contributed by atoms with Crippen LogP contribution in [-0.2, 0) is 37.5 Å². The van der Waals surface area contributed by atoms with Crippen molar-refractivity contribution in [1.82, 2.24) is 0 Å². The molecule has 4 atom stereocenters. The summed E-state index contributed by atoms with van der Waals surface area (Å²) >= 11 is 0. The number of allylic oxidation sites excluding steroid dienone is 1. The van der Waals surface area contributed by atoms with Crippen molar-refractivity contribution in [2.45, 2.75) is 34.6 Å². The maximum absolute atomic E-state index is 10.9. The molecule has 2 heteroatoms. The van der Waals surface area contributed by atoms with Gasteiger partial charge in [0, 0.05) is 44.5 Å². The van der Waals surface area contributed by atoms with Gasteiger partial charge in [-0.1, -0.05) is 27.7 Å². The first kappa shape index (κ1) is 20.0. The number of carbonyl (C=O) groups is 1. The van der Waals surface area contributed by atoms with Crippen molar-refractivity contribution < 1.29 is 37.5 Å². The van der Waals surface area contributed by atoms with Crippen LogP contribution in [0, 0.1) is 54.4 Å². The van der Waals surface area contributed by atoms with Gasteiger partial charge < -0.3 is 4.79 Å². The number of carbonyl (C=O) groups excluding carboxylic acids is 1. The zero-order valence-corrected chi connectivity index (χ0v) is 14.8. The maximum atomic E-state index is 10.9. The number of Topliss-reactive ketones (excluding diaryl/α,β-unsaturated/α-hetero) is 1. The fraction of sp³-hybridized carbons (Fsp3) is 0.562. The molecule has 95 valence electrons. The van der Waals surface area contributed by atoms with Crippen molar-refractivity contribution in [1.29, 1.82) is 0 Å². The Kier molecular flexibility index (Phi) is 10.6. The number of terminal acetylenes is 1. The van der Waals surface area contributed by atoms with E-state index in [0.29, 0.717) is 11.8 Å². The van der Waals surface area contributed by atoms with Crippen LogP contribution in [0.5, 0.6) is 0 Å². The third-order valence-corrected chi connectivity index (χ3v) is 3.48. The Morgan fingerprint density at radius 3 is 1.94 bits per heavy atom. The predicted octanol–water partition coefficient (Wildman–Crippen LogP) is 3.11. The van der Waals surface area contributed by atoms with E-state index in [2.05, 4.69) is 31.6 Å². The Labute approximate surface area is 137 Å². The molecule has 0 spiro atoms. The second-order valence-corrected chi connectivity index (χ2v) is 4.70. The molecule has 0 amide bonds. The Morgan fingerprint density at radius 2 is 1.56 bits per heavy atom. The average Bonchev–Trinajstić information content (AvgIpc) is 2.32. The average molecular weight is 318 g/mol. The summed E-state index contributed by atoms with van der Waals surface area (Å²) in [6.45, 7) is 15.2. The van der Waals surface area contributed by atoms with Crippen molar-refractivity contribution in [3.05, 3.63) is 12.2 Å². The molecule has 0 rings (SSSR count). The largest absolute Gasteiger partial charge is 0.370 e. The summed E-state index contributed by atoms with van der Waals surface area (Å²) in [5.41, 5.74) is 0.127. The second kappa shape index (κ2) is 9.55. The summed E-state index contributed by atoms with van der Waals surface area (Å²) in [5.74, 6) is 9.46. The molecule has 0 aliphatic rings. The van der Waals surface area contributed by atoms with Crippen molar-refractivity contribution in [2.24, 2.45) is 23.7 Å². The Morgan fingerprint density at radius 1 is 1.11 bits per heavy atom. The number of hydrogen-bond donors (Lipinski definition) is 0. The van der Waals surface area contributed by atoms with Gasteiger partial charge in [-0.05, 0) is 18.8 Å². The zero-order valence-electron chi connectivity index (χ0n) is 11.9. The minimum absolute atomic E-state index is 0. The fourth-order valence-electron chi connectivity index (χ4n) is 1.47. The normalized spacial score (nSPS) is 15.8. The van der Waals surface area contributed by atoms with Crippen LogP contribution in [0.15, 0.2) is 5.57 Å². The summed E-state index contributed by atoms with van der Waals surface area (Å²) in [4.78, 5) is 10.9. The van der Waals surface area contributed by atoms with E-state index in [1.807, 2.05) is 13.8 Å². The van der Waals surface area contributed by atoms with E-state index in [-0.39, 0.29) is 55.9 Å². The quantitative estimate of drug-likeness (QED) is 0.442. The molecule has 1 radical (unpaired) electrons. The molecule has 0 aromatic carbocycles. The topological polar surface area (TPSA) is 17.1 Å². The summed E-state index contributed by atoms with van der Waals surface area (Å²) < 4.78 is 0. The van der Waals surface area contributed by atoms with Gasteiger partial charge in [0.25, 0.3) is 0 Å². The van der Waals surface area contributed by atoms with Crippen LogP contribution in [0.25, 0.3) is 0 Å². The Hall–Kier alpha value is -0.366. The minimum atomic E-state index is -0.178. The van der Waals surface area contributed by atoms with Crippen LogP contribution in [0.3, 0.4) is 0 Å². The van der Waals surface area contributed by atoms with E-state index in [4.69, 9.17) is 13.0 Å². The standard InChI is InChI=1S/C16H21O.Y/c1-8-11(2)14(5)15(6)12(3)9-10-13(4)16(7)17;/h1,4,11-12,14-15H,2-3,5-7H3;/q-1;. The van der Waals surface area contributed by atoms with Gasteiger partial charge in [-0.3, -0.25) is 0 Å². The molecule has 0 saturated carbocycles. The third-order valence-electron chi connectivity index (χ3n) is 3.48. The summed E-state index contributed by atoms with van der Waals surface area (Å²) in [5, 5.41) is 0. The summed E-state index contributed by atoms with van der Waals surface area (Å²) in [6.07, 6.45) is 5.42. The Bertz CT molecular complexity index is 392. The second-order valence-electron chi connectivity index (χ2n) is 4.70. The van der Waals surface area contributed by atoms with Crippen LogP contribution in [0.1, 0.15) is 34.6 Å². The van der Waals surface area contributed by atoms with Gasteiger partial charge in [0.2, 0.25) is 0 Å². The molecule has 0 aliphatic carbocycles. The van der Waals surface area contributed by atoms with E-state index >= 15 is 0 Å². The van der Waals surface area contributed by atoms with Crippen LogP contribution in [0.4, 0.5) is 0 Å².